The summed E-state index contributed by atoms with van der Waals surface area (Å²) in [5.41, 5.74) is 0.943. The summed E-state index contributed by atoms with van der Waals surface area (Å²) >= 11 is 5.90. The van der Waals surface area contributed by atoms with Crippen molar-refractivity contribution in [1.29, 1.82) is 0 Å². The topological polar surface area (TPSA) is 23.5 Å². The van der Waals surface area contributed by atoms with Crippen molar-refractivity contribution >= 4 is 11.6 Å². The summed E-state index contributed by atoms with van der Waals surface area (Å²) in [4.78, 5) is 2.39. The highest BCUT2D eigenvalue weighted by Gasteiger charge is 2.14. The van der Waals surface area contributed by atoms with E-state index in [-0.39, 0.29) is 0 Å². The van der Waals surface area contributed by atoms with Crippen LogP contribution in [0.4, 0.5) is 0 Å². The van der Waals surface area contributed by atoms with Crippen LogP contribution in [0, 0.1) is 11.8 Å². The summed E-state index contributed by atoms with van der Waals surface area (Å²) in [5.74, 6) is 1.39. The molecule has 1 aromatic carbocycles. The first-order valence-electron chi connectivity index (χ1n) is 8.04. The van der Waals surface area contributed by atoms with E-state index >= 15 is 0 Å². The average molecular weight is 312 g/mol. The number of nitrogens with zero attached hydrogens (tertiary/aromatic N) is 1. The Labute approximate surface area is 135 Å². The zero-order chi connectivity index (χ0) is 15.8. The first-order chi connectivity index (χ1) is 9.88. The normalized spacial score (nSPS) is 13.4. The van der Waals surface area contributed by atoms with Gasteiger partial charge < -0.3 is 10.0 Å². The molecule has 120 valence electrons. The molecule has 0 saturated carbocycles. The molecule has 0 radical (unpaired) electrons. The first kappa shape index (κ1) is 18.5. The summed E-state index contributed by atoms with van der Waals surface area (Å²) in [6, 6.07) is 7.51. The van der Waals surface area contributed by atoms with E-state index in [0.29, 0.717) is 23.4 Å². The highest BCUT2D eigenvalue weighted by atomic mass is 35.5. The number of aliphatic hydroxyl groups excluding tert-OH is 1. The molecule has 0 heterocycles. The molecule has 2 nitrogen and oxygen atoms in total. The van der Waals surface area contributed by atoms with Gasteiger partial charge in [0.15, 0.2) is 0 Å². The maximum atomic E-state index is 10.4. The molecule has 1 aromatic rings. The van der Waals surface area contributed by atoms with Crippen molar-refractivity contribution in [3.05, 3.63) is 34.9 Å². The van der Waals surface area contributed by atoms with Gasteiger partial charge in [-0.2, -0.15) is 0 Å². The van der Waals surface area contributed by atoms with E-state index in [4.69, 9.17) is 11.6 Å². The second kappa shape index (κ2) is 9.45. The van der Waals surface area contributed by atoms with Gasteiger partial charge >= 0.3 is 0 Å². The van der Waals surface area contributed by atoms with Crippen molar-refractivity contribution in [3.8, 4) is 0 Å². The Hall–Kier alpha value is -0.570. The number of hydrogen-bond acceptors (Lipinski definition) is 2. The van der Waals surface area contributed by atoms with Gasteiger partial charge in [-0.1, -0.05) is 51.4 Å². The predicted molar refractivity (Wildman–Crippen MR) is 91.8 cm³/mol. The van der Waals surface area contributed by atoms with Gasteiger partial charge in [0.05, 0.1) is 6.10 Å². The van der Waals surface area contributed by atoms with Crippen LogP contribution in [-0.4, -0.2) is 29.6 Å². The number of hydrogen-bond donors (Lipinski definition) is 1. The number of rotatable bonds is 9. The molecule has 0 aliphatic carbocycles. The second-order valence-corrected chi connectivity index (χ2v) is 7.17. The van der Waals surface area contributed by atoms with Crippen LogP contribution >= 0.6 is 11.6 Å². The van der Waals surface area contributed by atoms with Crippen LogP contribution in [-0.2, 0) is 0 Å². The van der Waals surface area contributed by atoms with Gasteiger partial charge in [0.1, 0.15) is 0 Å². The van der Waals surface area contributed by atoms with E-state index in [0.717, 1.165) is 18.7 Å². The Bertz CT molecular complexity index is 377. The lowest BCUT2D eigenvalue weighted by Crippen LogP contribution is -2.32. The molecule has 0 spiro atoms. The Morgan fingerprint density at radius 2 is 1.43 bits per heavy atom. The predicted octanol–water partition coefficient (Wildman–Crippen LogP) is 4.77. The van der Waals surface area contributed by atoms with Crippen LogP contribution in [0.2, 0.25) is 5.02 Å². The molecular formula is C18H30ClNO. The lowest BCUT2D eigenvalue weighted by atomic mass is 10.1. The monoisotopic (exact) mass is 311 g/mol. The zero-order valence-electron chi connectivity index (χ0n) is 13.8. The third-order valence-electron chi connectivity index (χ3n) is 3.73. The van der Waals surface area contributed by atoms with Crippen LogP contribution in [0.25, 0.3) is 0 Å². The van der Waals surface area contributed by atoms with E-state index in [1.807, 2.05) is 24.3 Å². The molecule has 0 amide bonds. The molecule has 0 unspecified atom stereocenters. The Balaban J connectivity index is 2.58. The maximum absolute atomic E-state index is 10.4. The molecule has 0 aromatic heterocycles. The summed E-state index contributed by atoms with van der Waals surface area (Å²) in [6.45, 7) is 11.8. The molecular weight excluding hydrogens is 282 g/mol. The summed E-state index contributed by atoms with van der Waals surface area (Å²) < 4.78 is 0. The highest BCUT2D eigenvalue weighted by molar-refractivity contribution is 6.30. The van der Waals surface area contributed by atoms with E-state index in [1.54, 1.807) is 0 Å². The van der Waals surface area contributed by atoms with Crippen LogP contribution in [0.5, 0.6) is 0 Å². The minimum Gasteiger partial charge on any atom is -0.387 e. The van der Waals surface area contributed by atoms with Gasteiger partial charge in [0.25, 0.3) is 0 Å². The molecule has 0 aliphatic heterocycles. The quantitative estimate of drug-likeness (QED) is 0.710. The van der Waals surface area contributed by atoms with Crippen molar-refractivity contribution in [2.24, 2.45) is 11.8 Å². The average Bonchev–Trinajstić information content (AvgIpc) is 2.42. The standard InChI is InChI=1S/C18H30ClNO/c1-14(2)9-11-20(12-10-15(3)4)13-18(21)16-5-7-17(19)8-6-16/h5-8,14-15,18,21H,9-13H2,1-4H3/t18-/m0/s1. The van der Waals surface area contributed by atoms with E-state index in [2.05, 4.69) is 32.6 Å². The Morgan fingerprint density at radius 1 is 0.952 bits per heavy atom. The molecule has 1 N–H and O–H groups in total. The minimum absolute atomic E-state index is 0.443. The smallest absolute Gasteiger partial charge is 0.0916 e. The van der Waals surface area contributed by atoms with Crippen LogP contribution in [0.3, 0.4) is 0 Å². The van der Waals surface area contributed by atoms with Gasteiger partial charge in [0, 0.05) is 11.6 Å². The van der Waals surface area contributed by atoms with Crippen molar-refractivity contribution in [2.45, 2.75) is 46.6 Å². The lowest BCUT2D eigenvalue weighted by Gasteiger charge is -2.26. The molecule has 3 heteroatoms. The van der Waals surface area contributed by atoms with Crippen molar-refractivity contribution in [3.63, 3.8) is 0 Å². The minimum atomic E-state index is -0.443. The van der Waals surface area contributed by atoms with E-state index in [1.165, 1.54) is 12.8 Å². The first-order valence-corrected chi connectivity index (χ1v) is 8.42. The summed E-state index contributed by atoms with van der Waals surface area (Å²) in [7, 11) is 0. The zero-order valence-corrected chi connectivity index (χ0v) is 14.6. The van der Waals surface area contributed by atoms with Crippen molar-refractivity contribution in [1.82, 2.24) is 4.90 Å². The number of aliphatic hydroxyl groups is 1. The summed E-state index contributed by atoms with van der Waals surface area (Å²) in [6.07, 6.45) is 1.90. The Kier molecular flexibility index (Phi) is 8.31. The molecule has 1 atom stereocenters. The van der Waals surface area contributed by atoms with Gasteiger partial charge in [-0.25, -0.2) is 0 Å². The molecule has 1 rings (SSSR count). The second-order valence-electron chi connectivity index (χ2n) is 6.73. The van der Waals surface area contributed by atoms with Crippen LogP contribution in [0.15, 0.2) is 24.3 Å². The molecule has 0 aliphatic rings. The van der Waals surface area contributed by atoms with Gasteiger partial charge in [0.2, 0.25) is 0 Å². The van der Waals surface area contributed by atoms with Gasteiger partial charge in [-0.3, -0.25) is 0 Å². The van der Waals surface area contributed by atoms with Gasteiger partial charge in [-0.15, -0.1) is 0 Å². The maximum Gasteiger partial charge on any atom is 0.0916 e. The highest BCUT2D eigenvalue weighted by Crippen LogP contribution is 2.18. The third kappa shape index (κ3) is 7.85. The van der Waals surface area contributed by atoms with Gasteiger partial charge in [-0.05, 0) is 55.5 Å². The molecule has 0 fully saturated rings. The van der Waals surface area contributed by atoms with Crippen LogP contribution in [0.1, 0.15) is 52.2 Å². The van der Waals surface area contributed by atoms with E-state index < -0.39 is 6.10 Å². The van der Waals surface area contributed by atoms with Crippen molar-refractivity contribution < 1.29 is 5.11 Å². The van der Waals surface area contributed by atoms with Crippen LogP contribution < -0.4 is 0 Å². The number of benzene rings is 1. The van der Waals surface area contributed by atoms with E-state index in [9.17, 15) is 5.11 Å². The fourth-order valence-electron chi connectivity index (χ4n) is 2.21. The molecule has 21 heavy (non-hydrogen) atoms. The summed E-state index contributed by atoms with van der Waals surface area (Å²) in [5, 5.41) is 11.1. The fourth-order valence-corrected chi connectivity index (χ4v) is 2.34. The SMILES string of the molecule is CC(C)CCN(CCC(C)C)C[C@H](O)c1ccc(Cl)cc1. The lowest BCUT2D eigenvalue weighted by molar-refractivity contribution is 0.107. The molecule has 0 saturated heterocycles. The number of halogens is 1. The fraction of sp³-hybridized carbons (Fsp3) is 0.667. The van der Waals surface area contributed by atoms with Crippen molar-refractivity contribution in [2.75, 3.05) is 19.6 Å². The Morgan fingerprint density at radius 3 is 1.86 bits per heavy atom. The molecule has 0 bridgehead atoms. The largest absolute Gasteiger partial charge is 0.387 e. The third-order valence-corrected chi connectivity index (χ3v) is 3.98.